The van der Waals surface area contributed by atoms with E-state index in [0.29, 0.717) is 25.9 Å². The number of amides is 2. The van der Waals surface area contributed by atoms with Crippen molar-refractivity contribution in [1.82, 2.24) is 10.0 Å². The average molecular weight is 396 g/mol. The minimum Gasteiger partial charge on any atom is -0.374 e. The van der Waals surface area contributed by atoms with Gasteiger partial charge < -0.3 is 18.6 Å². The van der Waals surface area contributed by atoms with Gasteiger partial charge in [0.25, 0.3) is 0 Å². The molecule has 0 heterocycles. The van der Waals surface area contributed by atoms with Crippen LogP contribution in [0.3, 0.4) is 0 Å². The highest BCUT2D eigenvalue weighted by atomic mass is 32.2. The van der Waals surface area contributed by atoms with Gasteiger partial charge in [-0.3, -0.25) is 0 Å². The number of rotatable bonds is 11. The zero-order valence-corrected chi connectivity index (χ0v) is 15.6. The van der Waals surface area contributed by atoms with Crippen molar-refractivity contribution in [3.63, 3.8) is 0 Å². The second-order valence-corrected chi connectivity index (χ2v) is 8.80. The van der Waals surface area contributed by atoms with Gasteiger partial charge in [-0.1, -0.05) is 0 Å². The molecule has 0 saturated heterocycles. The smallest absolute Gasteiger partial charge is 0.374 e. The molecule has 0 aromatic carbocycles. The lowest BCUT2D eigenvalue weighted by atomic mass is 10.5. The van der Waals surface area contributed by atoms with Crippen molar-refractivity contribution < 1.29 is 39.7 Å². The summed E-state index contributed by atoms with van der Waals surface area (Å²) in [5, 5.41) is 2.04. The zero-order valence-electron chi connectivity index (χ0n) is 13.7. The molecule has 0 saturated carbocycles. The van der Waals surface area contributed by atoms with E-state index in [2.05, 4.69) is 0 Å². The van der Waals surface area contributed by atoms with Gasteiger partial charge in [0.1, 0.15) is 0 Å². The minimum atomic E-state index is -5.72. The molecule has 13 heteroatoms. The Hall–Kier alpha value is -0.893. The molecule has 0 aliphatic rings. The molecule has 0 atom stereocenters. The number of carbonyl (C=O) groups is 1. The molecule has 0 aliphatic carbocycles. The Kier molecular flexibility index (Phi) is 9.80. The number of alkyl halides is 3. The number of carbonyl (C=O) groups excluding carboxylic acids is 1. The molecule has 0 aromatic heterocycles. The van der Waals surface area contributed by atoms with E-state index in [1.54, 1.807) is 20.8 Å². The van der Waals surface area contributed by atoms with Crippen LogP contribution < -0.4 is 10.0 Å². The highest BCUT2D eigenvalue weighted by Crippen LogP contribution is 2.21. The van der Waals surface area contributed by atoms with Crippen LogP contribution in [0, 0.1) is 0 Å². The summed E-state index contributed by atoms with van der Waals surface area (Å²) in [6, 6.07) is -1.13. The van der Waals surface area contributed by atoms with E-state index in [-0.39, 0.29) is 13.0 Å². The van der Waals surface area contributed by atoms with Gasteiger partial charge >= 0.3 is 30.4 Å². The number of nitrogens with one attached hydrogen (secondary N) is 2. The van der Waals surface area contributed by atoms with Gasteiger partial charge in [-0.15, -0.1) is 0 Å². The van der Waals surface area contributed by atoms with E-state index in [0.717, 1.165) is 4.72 Å². The molecule has 0 aromatic rings. The molecular formula is C11H23F3N2O6SSi. The lowest BCUT2D eigenvalue weighted by Crippen LogP contribution is -2.47. The van der Waals surface area contributed by atoms with Crippen molar-refractivity contribution in [1.29, 1.82) is 0 Å². The van der Waals surface area contributed by atoms with Gasteiger partial charge in [-0.25, -0.2) is 9.52 Å². The molecule has 144 valence electrons. The maximum atomic E-state index is 12.1. The second-order valence-electron chi connectivity index (χ2n) is 4.39. The fraction of sp³-hybridized carbons (Fsp3) is 0.909. The molecule has 0 radical (unpaired) electrons. The zero-order chi connectivity index (χ0) is 18.9. The minimum absolute atomic E-state index is 0.0683. The first kappa shape index (κ1) is 23.1. The van der Waals surface area contributed by atoms with Gasteiger partial charge in [-0.05, 0) is 27.2 Å². The van der Waals surface area contributed by atoms with Crippen molar-refractivity contribution in [3.8, 4) is 0 Å². The van der Waals surface area contributed by atoms with Crippen molar-refractivity contribution in [3.05, 3.63) is 0 Å². The third-order valence-electron chi connectivity index (χ3n) is 2.57. The normalized spacial score (nSPS) is 12.9. The summed E-state index contributed by atoms with van der Waals surface area (Å²) in [7, 11) is -8.63. The Labute approximate surface area is 140 Å². The topological polar surface area (TPSA) is 103 Å². The first-order valence-electron chi connectivity index (χ1n) is 7.32. The quantitative estimate of drug-likeness (QED) is 0.406. The van der Waals surface area contributed by atoms with Crippen LogP contribution in [0.1, 0.15) is 27.2 Å². The number of hydrogen-bond acceptors (Lipinski definition) is 6. The van der Waals surface area contributed by atoms with Crippen molar-refractivity contribution in [2.24, 2.45) is 0 Å². The Morgan fingerprint density at radius 1 is 1.04 bits per heavy atom. The maximum absolute atomic E-state index is 12.1. The fourth-order valence-corrected chi connectivity index (χ4v) is 4.77. The van der Waals surface area contributed by atoms with Gasteiger partial charge in [0.2, 0.25) is 0 Å². The molecule has 8 nitrogen and oxygen atoms in total. The van der Waals surface area contributed by atoms with Crippen LogP contribution in [0.25, 0.3) is 0 Å². The molecule has 0 bridgehead atoms. The van der Waals surface area contributed by atoms with Gasteiger partial charge in [0, 0.05) is 32.4 Å². The summed E-state index contributed by atoms with van der Waals surface area (Å²) in [5.74, 6) is 0. The van der Waals surface area contributed by atoms with Crippen LogP contribution in [0.4, 0.5) is 18.0 Å². The lowest BCUT2D eigenvalue weighted by molar-refractivity contribution is -0.0444. The number of urea groups is 1. The predicted molar refractivity (Wildman–Crippen MR) is 81.6 cm³/mol. The number of sulfonamides is 1. The van der Waals surface area contributed by atoms with Crippen molar-refractivity contribution >= 4 is 24.9 Å². The van der Waals surface area contributed by atoms with Crippen molar-refractivity contribution in [2.45, 2.75) is 38.7 Å². The van der Waals surface area contributed by atoms with Crippen LogP contribution in [0.15, 0.2) is 0 Å². The SMILES string of the molecule is CCO[Si](CCCNC(=O)NS(=O)(=O)C(F)(F)F)(OCC)OCC. The van der Waals surface area contributed by atoms with E-state index >= 15 is 0 Å². The molecular weight excluding hydrogens is 373 g/mol. The summed E-state index contributed by atoms with van der Waals surface area (Å²) in [6.07, 6.45) is 0.283. The Morgan fingerprint density at radius 2 is 1.50 bits per heavy atom. The molecule has 0 spiro atoms. The third kappa shape index (κ3) is 7.79. The molecule has 0 rings (SSSR count). The summed E-state index contributed by atoms with van der Waals surface area (Å²) < 4.78 is 75.5. The average Bonchev–Trinajstić information content (AvgIpc) is 2.43. The summed E-state index contributed by atoms with van der Waals surface area (Å²) in [5.41, 5.74) is -5.55. The first-order chi connectivity index (χ1) is 11.0. The maximum Gasteiger partial charge on any atom is 0.516 e. The molecule has 0 fully saturated rings. The summed E-state index contributed by atoms with van der Waals surface area (Å²) in [6.45, 7) is 6.34. The summed E-state index contributed by atoms with van der Waals surface area (Å²) in [4.78, 5) is 11.2. The van der Waals surface area contributed by atoms with Crippen LogP contribution in [0.2, 0.25) is 6.04 Å². The van der Waals surface area contributed by atoms with E-state index < -0.39 is 30.4 Å². The molecule has 2 amide bonds. The van der Waals surface area contributed by atoms with Gasteiger partial charge in [0.15, 0.2) is 0 Å². The monoisotopic (exact) mass is 396 g/mol. The van der Waals surface area contributed by atoms with E-state index in [1.165, 1.54) is 0 Å². The fourth-order valence-electron chi connectivity index (χ4n) is 1.72. The first-order valence-corrected chi connectivity index (χ1v) is 10.7. The second kappa shape index (κ2) is 10.2. The van der Waals surface area contributed by atoms with E-state index in [1.807, 2.05) is 5.32 Å². The number of hydrogen-bond donors (Lipinski definition) is 2. The standard InChI is InChI=1S/C11H23F3N2O6SSi/c1-4-20-24(21-5-2,22-6-3)9-7-8-15-10(17)16-23(18,19)11(12,13)14/h4-9H2,1-3H3,(H2,15,16,17). The Balaban J connectivity index is 4.46. The van der Waals surface area contributed by atoms with E-state index in [4.69, 9.17) is 13.3 Å². The molecule has 24 heavy (non-hydrogen) atoms. The van der Waals surface area contributed by atoms with Crippen molar-refractivity contribution in [2.75, 3.05) is 26.4 Å². The highest BCUT2D eigenvalue weighted by Gasteiger charge is 2.47. The molecule has 0 aliphatic heterocycles. The predicted octanol–water partition coefficient (Wildman–Crippen LogP) is 1.57. The van der Waals surface area contributed by atoms with Crippen LogP contribution in [-0.2, 0) is 23.3 Å². The Bertz CT molecular complexity index is 472. The van der Waals surface area contributed by atoms with E-state index in [9.17, 15) is 26.4 Å². The van der Waals surface area contributed by atoms with Crippen LogP contribution in [-0.4, -0.2) is 55.1 Å². The highest BCUT2D eigenvalue weighted by molar-refractivity contribution is 7.90. The summed E-state index contributed by atoms with van der Waals surface area (Å²) >= 11 is 0. The van der Waals surface area contributed by atoms with Gasteiger partial charge in [0.05, 0.1) is 0 Å². The Morgan fingerprint density at radius 3 is 1.88 bits per heavy atom. The molecule has 0 unspecified atom stereocenters. The third-order valence-corrected chi connectivity index (χ3v) is 6.78. The largest absolute Gasteiger partial charge is 0.516 e. The van der Waals surface area contributed by atoms with Crippen LogP contribution >= 0.6 is 0 Å². The lowest BCUT2D eigenvalue weighted by Gasteiger charge is -2.28. The van der Waals surface area contributed by atoms with Gasteiger partial charge in [-0.2, -0.15) is 21.6 Å². The van der Waals surface area contributed by atoms with Crippen LogP contribution in [0.5, 0.6) is 0 Å². The number of halogens is 3. The molecule has 2 N–H and O–H groups in total.